The maximum absolute atomic E-state index is 14.7. The van der Waals surface area contributed by atoms with Crippen molar-refractivity contribution in [1.82, 2.24) is 0 Å². The van der Waals surface area contributed by atoms with E-state index in [2.05, 4.69) is 6.92 Å². The summed E-state index contributed by atoms with van der Waals surface area (Å²) in [4.78, 5) is 0. The van der Waals surface area contributed by atoms with E-state index < -0.39 is 17.5 Å². The van der Waals surface area contributed by atoms with Gasteiger partial charge in [0.05, 0.1) is 12.0 Å². The molecule has 0 heterocycles. The average Bonchev–Trinajstić information content (AvgIpc) is 2.75. The molecule has 1 saturated carbocycles. The Bertz CT molecular complexity index is 825. The molecule has 0 spiro atoms. The van der Waals surface area contributed by atoms with Crippen LogP contribution in [-0.4, -0.2) is 6.61 Å². The van der Waals surface area contributed by atoms with E-state index in [0.29, 0.717) is 36.3 Å². The topological polar surface area (TPSA) is 9.23 Å². The molecule has 3 rings (SSSR count). The second-order valence-corrected chi connectivity index (χ2v) is 8.91. The van der Waals surface area contributed by atoms with E-state index in [1.165, 1.54) is 57.4 Å². The summed E-state index contributed by atoms with van der Waals surface area (Å²) in [6.45, 7) is 4.48. The van der Waals surface area contributed by atoms with Crippen molar-refractivity contribution in [3.05, 3.63) is 41.2 Å². The SMILES string of the molecule is CCCCCC1CCC(CCc2cc3ccc(OCCC)c(F)c3c(F)c2F)CC1. The van der Waals surface area contributed by atoms with Crippen molar-refractivity contribution in [2.45, 2.75) is 84.5 Å². The summed E-state index contributed by atoms with van der Waals surface area (Å²) in [6, 6.07) is 4.74. The quantitative estimate of drug-likeness (QED) is 0.351. The lowest BCUT2D eigenvalue weighted by atomic mass is 9.77. The number of halogens is 3. The third-order valence-corrected chi connectivity index (χ3v) is 6.63. The number of fused-ring (bicyclic) bond motifs is 1. The Morgan fingerprint density at radius 1 is 0.833 bits per heavy atom. The molecule has 2 aromatic rings. The first-order valence-electron chi connectivity index (χ1n) is 11.8. The van der Waals surface area contributed by atoms with Gasteiger partial charge in [-0.25, -0.2) is 13.2 Å². The van der Waals surface area contributed by atoms with Crippen LogP contribution in [0.5, 0.6) is 5.75 Å². The molecule has 0 amide bonds. The molecule has 1 aliphatic rings. The van der Waals surface area contributed by atoms with Crippen LogP contribution >= 0.6 is 0 Å². The maximum atomic E-state index is 14.7. The van der Waals surface area contributed by atoms with Gasteiger partial charge in [0, 0.05) is 0 Å². The van der Waals surface area contributed by atoms with Gasteiger partial charge >= 0.3 is 0 Å². The lowest BCUT2D eigenvalue weighted by molar-refractivity contribution is 0.248. The lowest BCUT2D eigenvalue weighted by Crippen LogP contribution is -2.15. The third kappa shape index (κ3) is 5.50. The molecule has 0 radical (unpaired) electrons. The summed E-state index contributed by atoms with van der Waals surface area (Å²) in [5, 5.41) is 0.0855. The zero-order chi connectivity index (χ0) is 21.5. The van der Waals surface area contributed by atoms with Crippen LogP contribution < -0.4 is 4.74 Å². The molecule has 1 nitrogen and oxygen atoms in total. The number of benzene rings is 2. The van der Waals surface area contributed by atoms with Gasteiger partial charge in [-0.05, 0) is 54.2 Å². The summed E-state index contributed by atoms with van der Waals surface area (Å²) in [5.74, 6) is -1.43. The molecule has 0 N–H and O–H groups in total. The predicted molar refractivity (Wildman–Crippen MR) is 118 cm³/mol. The number of rotatable bonds is 10. The van der Waals surface area contributed by atoms with Crippen LogP contribution in [0.2, 0.25) is 0 Å². The molecule has 0 aromatic heterocycles. The van der Waals surface area contributed by atoms with E-state index >= 15 is 0 Å². The van der Waals surface area contributed by atoms with Crippen molar-refractivity contribution in [3.63, 3.8) is 0 Å². The Morgan fingerprint density at radius 3 is 2.20 bits per heavy atom. The van der Waals surface area contributed by atoms with Crippen molar-refractivity contribution in [3.8, 4) is 5.75 Å². The second-order valence-electron chi connectivity index (χ2n) is 8.91. The molecule has 0 unspecified atom stereocenters. The number of ether oxygens (including phenoxy) is 1. The van der Waals surface area contributed by atoms with E-state index in [4.69, 9.17) is 4.74 Å². The van der Waals surface area contributed by atoms with Crippen LogP contribution in [0, 0.1) is 29.3 Å². The van der Waals surface area contributed by atoms with Crippen LogP contribution in [0.4, 0.5) is 13.2 Å². The van der Waals surface area contributed by atoms with Crippen molar-refractivity contribution in [1.29, 1.82) is 0 Å². The largest absolute Gasteiger partial charge is 0.491 e. The van der Waals surface area contributed by atoms with Gasteiger partial charge in [0.15, 0.2) is 23.2 Å². The summed E-state index contributed by atoms with van der Waals surface area (Å²) < 4.78 is 49.4. The highest BCUT2D eigenvalue weighted by Crippen LogP contribution is 2.36. The van der Waals surface area contributed by atoms with Crippen molar-refractivity contribution in [2.24, 2.45) is 11.8 Å². The Balaban J connectivity index is 1.64. The van der Waals surface area contributed by atoms with E-state index in [9.17, 15) is 13.2 Å². The van der Waals surface area contributed by atoms with Crippen LogP contribution in [0.1, 0.15) is 83.6 Å². The molecular formula is C26H35F3O. The summed E-state index contributed by atoms with van der Waals surface area (Å²) in [5.41, 5.74) is 0.353. The Morgan fingerprint density at radius 2 is 1.53 bits per heavy atom. The van der Waals surface area contributed by atoms with E-state index in [-0.39, 0.29) is 11.1 Å². The van der Waals surface area contributed by atoms with Crippen molar-refractivity contribution in [2.75, 3.05) is 6.61 Å². The minimum atomic E-state index is -1.10. The standard InChI is InChI=1S/C26H35F3O/c1-3-5-6-7-18-8-10-19(11-9-18)12-13-21-17-20-14-15-22(30-16-4-2)25(28)23(20)26(29)24(21)27/h14-15,17-19H,3-13,16H2,1-2H3. The molecule has 2 aromatic carbocycles. The summed E-state index contributed by atoms with van der Waals surface area (Å²) >= 11 is 0. The van der Waals surface area contributed by atoms with Gasteiger partial charge in [0.1, 0.15) is 0 Å². The highest BCUT2D eigenvalue weighted by atomic mass is 19.2. The fourth-order valence-corrected chi connectivity index (χ4v) is 4.77. The molecule has 166 valence electrons. The molecule has 0 atom stereocenters. The molecule has 4 heteroatoms. The van der Waals surface area contributed by atoms with Crippen molar-refractivity contribution < 1.29 is 17.9 Å². The average molecular weight is 421 g/mol. The normalized spacial score (nSPS) is 19.4. The molecule has 30 heavy (non-hydrogen) atoms. The van der Waals surface area contributed by atoms with Gasteiger partial charge in [0.25, 0.3) is 0 Å². The van der Waals surface area contributed by atoms with Gasteiger partial charge in [-0.2, -0.15) is 0 Å². The van der Waals surface area contributed by atoms with E-state index in [0.717, 1.165) is 12.3 Å². The molecular weight excluding hydrogens is 385 g/mol. The fraction of sp³-hybridized carbons (Fsp3) is 0.615. The Hall–Kier alpha value is -1.71. The van der Waals surface area contributed by atoms with Gasteiger partial charge in [0.2, 0.25) is 0 Å². The van der Waals surface area contributed by atoms with Crippen LogP contribution in [-0.2, 0) is 6.42 Å². The fourth-order valence-electron chi connectivity index (χ4n) is 4.77. The number of hydrogen-bond acceptors (Lipinski definition) is 1. The van der Waals surface area contributed by atoms with Crippen LogP contribution in [0.15, 0.2) is 18.2 Å². The number of unbranched alkanes of at least 4 members (excludes halogenated alkanes) is 2. The first-order chi connectivity index (χ1) is 14.5. The Labute approximate surface area is 179 Å². The van der Waals surface area contributed by atoms with Crippen LogP contribution in [0.25, 0.3) is 10.8 Å². The maximum Gasteiger partial charge on any atom is 0.175 e. The monoisotopic (exact) mass is 420 g/mol. The predicted octanol–water partition coefficient (Wildman–Crippen LogP) is 8.37. The minimum Gasteiger partial charge on any atom is -0.491 e. The zero-order valence-electron chi connectivity index (χ0n) is 18.4. The zero-order valence-corrected chi connectivity index (χ0v) is 18.4. The summed E-state index contributed by atoms with van der Waals surface area (Å²) in [6.07, 6.45) is 12.2. The molecule has 0 aliphatic heterocycles. The van der Waals surface area contributed by atoms with Crippen molar-refractivity contribution >= 4 is 10.8 Å². The smallest absolute Gasteiger partial charge is 0.175 e. The third-order valence-electron chi connectivity index (χ3n) is 6.63. The minimum absolute atomic E-state index is 0.0221. The summed E-state index contributed by atoms with van der Waals surface area (Å²) in [7, 11) is 0. The van der Waals surface area contributed by atoms with E-state index in [1.807, 2.05) is 6.92 Å². The molecule has 0 saturated heterocycles. The molecule has 0 bridgehead atoms. The molecule has 1 fully saturated rings. The lowest BCUT2D eigenvalue weighted by Gasteiger charge is -2.28. The number of hydrogen-bond donors (Lipinski definition) is 0. The highest BCUT2D eigenvalue weighted by molar-refractivity contribution is 5.86. The van der Waals surface area contributed by atoms with Gasteiger partial charge < -0.3 is 4.74 Å². The number of aryl methyl sites for hydroxylation is 1. The second kappa shape index (κ2) is 11.1. The van der Waals surface area contributed by atoms with E-state index in [1.54, 1.807) is 12.1 Å². The first-order valence-corrected chi connectivity index (χ1v) is 11.8. The first kappa shape index (κ1) is 23.0. The molecule has 1 aliphatic carbocycles. The van der Waals surface area contributed by atoms with Gasteiger partial charge in [-0.1, -0.05) is 71.3 Å². The van der Waals surface area contributed by atoms with Gasteiger partial charge in [-0.15, -0.1) is 0 Å². The van der Waals surface area contributed by atoms with Gasteiger partial charge in [-0.3, -0.25) is 0 Å². The Kier molecular flexibility index (Phi) is 8.47. The van der Waals surface area contributed by atoms with Crippen LogP contribution in [0.3, 0.4) is 0 Å². The highest BCUT2D eigenvalue weighted by Gasteiger charge is 2.23.